The maximum atomic E-state index is 13.0. The predicted molar refractivity (Wildman–Crippen MR) is 113 cm³/mol. The van der Waals surface area contributed by atoms with E-state index in [0.29, 0.717) is 12.3 Å². The van der Waals surface area contributed by atoms with E-state index in [1.54, 1.807) is 12.5 Å². The minimum Gasteiger partial charge on any atom is -0.356 e. The van der Waals surface area contributed by atoms with E-state index >= 15 is 0 Å². The Balaban J connectivity index is 1.31. The highest BCUT2D eigenvalue weighted by Gasteiger charge is 2.30. The zero-order valence-corrected chi connectivity index (χ0v) is 17.1. The monoisotopic (exact) mass is 403 g/mol. The van der Waals surface area contributed by atoms with Gasteiger partial charge in [0.2, 0.25) is 5.91 Å². The summed E-state index contributed by atoms with van der Waals surface area (Å²) in [7, 11) is 0. The number of aryl methyl sites for hydroxylation is 1. The van der Waals surface area contributed by atoms with Gasteiger partial charge in [0.15, 0.2) is 5.76 Å². The first kappa shape index (κ1) is 18.9. The zero-order valence-electron chi connectivity index (χ0n) is 17.1. The Morgan fingerprint density at radius 1 is 1.27 bits per heavy atom. The minimum atomic E-state index is 0.175. The number of carbonyl (C=O) groups excluding carboxylic acids is 1. The van der Waals surface area contributed by atoms with Crippen LogP contribution >= 0.6 is 0 Å². The number of hydrogen-bond donors (Lipinski definition) is 0. The lowest BCUT2D eigenvalue weighted by molar-refractivity contribution is -0.119. The molecule has 0 spiro atoms. The molecule has 1 aromatic carbocycles. The molecule has 0 radical (unpaired) electrons. The van der Waals surface area contributed by atoms with Crippen molar-refractivity contribution >= 4 is 11.6 Å². The molecule has 5 rings (SSSR count). The number of rotatable bonds is 4. The minimum absolute atomic E-state index is 0.175. The topological polar surface area (TPSA) is 75.4 Å². The number of benzene rings is 1. The molecule has 4 heterocycles. The Morgan fingerprint density at radius 2 is 2.17 bits per heavy atom. The van der Waals surface area contributed by atoms with Gasteiger partial charge in [0, 0.05) is 37.0 Å². The average molecular weight is 403 g/mol. The summed E-state index contributed by atoms with van der Waals surface area (Å²) in [4.78, 5) is 26.0. The molecule has 0 bridgehead atoms. The summed E-state index contributed by atoms with van der Waals surface area (Å²) in [5, 5.41) is 4.00. The van der Waals surface area contributed by atoms with Crippen LogP contribution in [-0.2, 0) is 11.2 Å². The van der Waals surface area contributed by atoms with Gasteiger partial charge >= 0.3 is 0 Å². The fourth-order valence-electron chi connectivity index (χ4n) is 4.64. The number of likely N-dealkylation sites (tertiary alicyclic amines) is 1. The van der Waals surface area contributed by atoms with Crippen molar-refractivity contribution in [3.63, 3.8) is 0 Å². The van der Waals surface area contributed by atoms with Crippen molar-refractivity contribution in [1.29, 1.82) is 0 Å². The highest BCUT2D eigenvalue weighted by atomic mass is 16.5. The highest BCUT2D eigenvalue weighted by molar-refractivity contribution is 5.96. The molecule has 2 aliphatic rings. The summed E-state index contributed by atoms with van der Waals surface area (Å²) in [5.41, 5.74) is 5.03. The molecular weight excluding hydrogens is 378 g/mol. The van der Waals surface area contributed by atoms with Gasteiger partial charge < -0.3 is 9.42 Å². The fraction of sp³-hybridized carbons (Fsp3) is 0.391. The van der Waals surface area contributed by atoms with Crippen molar-refractivity contribution in [2.45, 2.75) is 32.1 Å². The van der Waals surface area contributed by atoms with Gasteiger partial charge in [-0.15, -0.1) is 0 Å². The summed E-state index contributed by atoms with van der Waals surface area (Å²) in [6.07, 6.45) is 6.40. The first-order valence-corrected chi connectivity index (χ1v) is 10.5. The molecule has 7 nitrogen and oxygen atoms in total. The predicted octanol–water partition coefficient (Wildman–Crippen LogP) is 3.21. The van der Waals surface area contributed by atoms with E-state index in [9.17, 15) is 4.79 Å². The molecule has 1 atom stereocenters. The van der Waals surface area contributed by atoms with Crippen molar-refractivity contribution in [1.82, 2.24) is 20.0 Å². The lowest BCUT2D eigenvalue weighted by Gasteiger charge is -2.33. The third kappa shape index (κ3) is 3.61. The van der Waals surface area contributed by atoms with E-state index in [4.69, 9.17) is 4.52 Å². The molecule has 0 N–H and O–H groups in total. The number of hydrogen-bond acceptors (Lipinski definition) is 6. The van der Waals surface area contributed by atoms with E-state index < -0.39 is 0 Å². The van der Waals surface area contributed by atoms with Crippen LogP contribution in [0.15, 0.2) is 47.4 Å². The fourth-order valence-corrected chi connectivity index (χ4v) is 4.64. The quantitative estimate of drug-likeness (QED) is 0.666. The lowest BCUT2D eigenvalue weighted by atomic mass is 9.91. The normalized spacial score (nSPS) is 19.1. The molecule has 3 aromatic rings. The third-order valence-electron chi connectivity index (χ3n) is 6.08. The second-order valence-electron chi connectivity index (χ2n) is 8.15. The summed E-state index contributed by atoms with van der Waals surface area (Å²) in [5.74, 6) is 1.11. The van der Waals surface area contributed by atoms with E-state index in [1.165, 1.54) is 5.56 Å². The number of carbonyl (C=O) groups is 1. The van der Waals surface area contributed by atoms with Crippen LogP contribution in [0.5, 0.6) is 0 Å². The van der Waals surface area contributed by atoms with Gasteiger partial charge in [0.1, 0.15) is 6.33 Å². The van der Waals surface area contributed by atoms with Crippen molar-refractivity contribution in [3.8, 4) is 11.3 Å². The number of amides is 1. The van der Waals surface area contributed by atoms with E-state index in [2.05, 4.69) is 26.1 Å². The number of para-hydroxylation sites is 1. The van der Waals surface area contributed by atoms with Crippen molar-refractivity contribution in [2.24, 2.45) is 0 Å². The highest BCUT2D eigenvalue weighted by Crippen LogP contribution is 2.33. The summed E-state index contributed by atoms with van der Waals surface area (Å²) >= 11 is 0. The SMILES string of the molecule is Cc1cc(-c2cncnc2[C@@H]2CCCN(CC(=O)N3CCc4ccccc43)C2)on1. The molecule has 2 aliphatic heterocycles. The lowest BCUT2D eigenvalue weighted by Crippen LogP contribution is -2.43. The molecule has 1 amide bonds. The van der Waals surface area contributed by atoms with Crippen molar-refractivity contribution in [2.75, 3.05) is 31.1 Å². The van der Waals surface area contributed by atoms with Crippen LogP contribution in [0, 0.1) is 6.92 Å². The Kier molecular flexibility index (Phi) is 5.04. The molecule has 2 aromatic heterocycles. The van der Waals surface area contributed by atoms with Crippen LogP contribution in [0.2, 0.25) is 0 Å². The molecule has 30 heavy (non-hydrogen) atoms. The zero-order chi connectivity index (χ0) is 20.5. The number of anilines is 1. The van der Waals surface area contributed by atoms with Gasteiger partial charge in [0.05, 0.1) is 23.5 Å². The van der Waals surface area contributed by atoms with Crippen molar-refractivity contribution in [3.05, 3.63) is 59.8 Å². The van der Waals surface area contributed by atoms with E-state index in [1.807, 2.05) is 36.1 Å². The van der Waals surface area contributed by atoms with Crippen LogP contribution in [0.3, 0.4) is 0 Å². The molecule has 7 heteroatoms. The second-order valence-corrected chi connectivity index (χ2v) is 8.15. The van der Waals surface area contributed by atoms with Crippen LogP contribution in [0.25, 0.3) is 11.3 Å². The largest absolute Gasteiger partial charge is 0.356 e. The van der Waals surface area contributed by atoms with E-state index in [0.717, 1.165) is 61.5 Å². The van der Waals surface area contributed by atoms with Gasteiger partial charge in [-0.25, -0.2) is 9.97 Å². The molecule has 1 fully saturated rings. The number of piperidine rings is 1. The van der Waals surface area contributed by atoms with E-state index in [-0.39, 0.29) is 11.8 Å². The first-order valence-electron chi connectivity index (χ1n) is 10.5. The Labute approximate surface area is 175 Å². The van der Waals surface area contributed by atoms with Crippen LogP contribution in [0.4, 0.5) is 5.69 Å². The maximum absolute atomic E-state index is 13.0. The number of aromatic nitrogens is 3. The van der Waals surface area contributed by atoms with Gasteiger partial charge in [-0.3, -0.25) is 9.69 Å². The molecule has 1 saturated heterocycles. The van der Waals surface area contributed by atoms with Crippen LogP contribution in [-0.4, -0.2) is 52.1 Å². The standard InChI is InChI=1S/C23H25N5O2/c1-16-11-21(30-26-16)19-12-24-15-25-23(19)18-6-4-9-27(13-18)14-22(29)28-10-8-17-5-2-3-7-20(17)28/h2-3,5,7,11-12,15,18H,4,6,8-10,13-14H2,1H3/t18-/m1/s1. The Bertz CT molecular complexity index is 1060. The molecule has 154 valence electrons. The maximum Gasteiger partial charge on any atom is 0.241 e. The average Bonchev–Trinajstić information content (AvgIpc) is 3.40. The molecule has 0 unspecified atom stereocenters. The molecule has 0 saturated carbocycles. The molecule has 0 aliphatic carbocycles. The molecular formula is C23H25N5O2. The summed E-state index contributed by atoms with van der Waals surface area (Å²) < 4.78 is 5.47. The third-order valence-corrected chi connectivity index (χ3v) is 6.08. The summed E-state index contributed by atoms with van der Waals surface area (Å²) in [6.45, 7) is 4.85. The van der Waals surface area contributed by atoms with Gasteiger partial charge in [-0.05, 0) is 44.4 Å². The van der Waals surface area contributed by atoms with Crippen LogP contribution in [0.1, 0.15) is 35.7 Å². The van der Waals surface area contributed by atoms with Crippen molar-refractivity contribution < 1.29 is 9.32 Å². The smallest absolute Gasteiger partial charge is 0.241 e. The van der Waals surface area contributed by atoms with Gasteiger partial charge in [-0.2, -0.15) is 0 Å². The summed E-state index contributed by atoms with van der Waals surface area (Å²) in [6, 6.07) is 10.1. The number of nitrogens with zero attached hydrogens (tertiary/aromatic N) is 5. The Morgan fingerprint density at radius 3 is 3.03 bits per heavy atom. The number of fused-ring (bicyclic) bond motifs is 1. The Hall–Kier alpha value is -3.06. The second kappa shape index (κ2) is 7.99. The van der Waals surface area contributed by atoms with Gasteiger partial charge in [-0.1, -0.05) is 23.4 Å². The first-order chi connectivity index (χ1) is 14.7. The van der Waals surface area contributed by atoms with Gasteiger partial charge in [0.25, 0.3) is 0 Å². The van der Waals surface area contributed by atoms with Crippen LogP contribution < -0.4 is 4.90 Å².